The van der Waals surface area contributed by atoms with E-state index < -0.39 is 0 Å². The number of carbonyl (C=O) groups is 1. The van der Waals surface area contributed by atoms with E-state index in [-0.39, 0.29) is 12.1 Å². The molecule has 122 valence electrons. The van der Waals surface area contributed by atoms with Crippen LogP contribution in [0.1, 0.15) is 26.7 Å². The number of rotatable bonds is 5. The summed E-state index contributed by atoms with van der Waals surface area (Å²) in [5.41, 5.74) is 1.22. The van der Waals surface area contributed by atoms with Crippen molar-refractivity contribution in [2.24, 2.45) is 0 Å². The Hall–Kier alpha value is -1.91. The summed E-state index contributed by atoms with van der Waals surface area (Å²) < 4.78 is 5.19. The summed E-state index contributed by atoms with van der Waals surface area (Å²) in [5.74, 6) is 0.880. The van der Waals surface area contributed by atoms with E-state index in [2.05, 4.69) is 22.3 Å². The smallest absolute Gasteiger partial charge is 0.317 e. The van der Waals surface area contributed by atoms with Crippen LogP contribution in [0, 0.1) is 0 Å². The molecular formula is C17H27N3O2. The second-order valence-electron chi connectivity index (χ2n) is 5.58. The zero-order valence-electron chi connectivity index (χ0n) is 13.8. The number of hydrogen-bond acceptors (Lipinski definition) is 3. The van der Waals surface area contributed by atoms with E-state index in [9.17, 15) is 4.79 Å². The number of amides is 2. The summed E-state index contributed by atoms with van der Waals surface area (Å²) in [6.07, 6.45) is 1.97. The first kappa shape index (κ1) is 16.5. The number of piperidine rings is 1. The van der Waals surface area contributed by atoms with Gasteiger partial charge in [0, 0.05) is 37.9 Å². The fraction of sp³-hybridized carbons (Fsp3) is 0.588. The Morgan fingerprint density at radius 3 is 2.32 bits per heavy atom. The molecule has 0 aliphatic carbocycles. The minimum atomic E-state index is 0.0629. The predicted octanol–water partition coefficient (Wildman–Crippen LogP) is 2.72. The molecule has 22 heavy (non-hydrogen) atoms. The Morgan fingerprint density at radius 1 is 1.23 bits per heavy atom. The normalized spacial score (nSPS) is 15.5. The SMILES string of the molecule is CCN(CC)C(=O)NC1CCN(c2ccc(OC)cc2)CC1. The van der Waals surface area contributed by atoms with E-state index in [1.165, 1.54) is 5.69 Å². The van der Waals surface area contributed by atoms with Crippen LogP contribution in [0.4, 0.5) is 10.5 Å². The highest BCUT2D eigenvalue weighted by atomic mass is 16.5. The van der Waals surface area contributed by atoms with Crippen LogP contribution in [-0.2, 0) is 0 Å². The lowest BCUT2D eigenvalue weighted by molar-refractivity contribution is 0.196. The van der Waals surface area contributed by atoms with Gasteiger partial charge in [0.15, 0.2) is 0 Å². The van der Waals surface area contributed by atoms with Gasteiger partial charge in [-0.1, -0.05) is 0 Å². The molecule has 1 fully saturated rings. The Morgan fingerprint density at radius 2 is 1.82 bits per heavy atom. The summed E-state index contributed by atoms with van der Waals surface area (Å²) in [4.78, 5) is 16.3. The number of carbonyl (C=O) groups excluding carboxylic acids is 1. The summed E-state index contributed by atoms with van der Waals surface area (Å²) >= 11 is 0. The molecular weight excluding hydrogens is 278 g/mol. The summed E-state index contributed by atoms with van der Waals surface area (Å²) in [5, 5.41) is 3.15. The molecule has 0 atom stereocenters. The average Bonchev–Trinajstić information content (AvgIpc) is 2.57. The molecule has 5 nitrogen and oxygen atoms in total. The number of nitrogens with one attached hydrogen (secondary N) is 1. The van der Waals surface area contributed by atoms with Crippen LogP contribution < -0.4 is 15.0 Å². The second-order valence-corrected chi connectivity index (χ2v) is 5.58. The van der Waals surface area contributed by atoms with E-state index in [0.717, 1.165) is 44.8 Å². The van der Waals surface area contributed by atoms with Gasteiger partial charge in [0.2, 0.25) is 0 Å². The second kappa shape index (κ2) is 7.92. The third-order valence-electron chi connectivity index (χ3n) is 4.31. The maximum atomic E-state index is 12.1. The van der Waals surface area contributed by atoms with Crippen LogP contribution in [0.2, 0.25) is 0 Å². The Bertz CT molecular complexity index is 463. The summed E-state index contributed by atoms with van der Waals surface area (Å²) in [7, 11) is 1.68. The van der Waals surface area contributed by atoms with Crippen LogP contribution >= 0.6 is 0 Å². The number of anilines is 1. The van der Waals surface area contributed by atoms with Crippen molar-refractivity contribution in [3.05, 3.63) is 24.3 Å². The first-order chi connectivity index (χ1) is 10.7. The molecule has 1 aliphatic heterocycles. The first-order valence-electron chi connectivity index (χ1n) is 8.12. The van der Waals surface area contributed by atoms with Gasteiger partial charge in [0.05, 0.1) is 7.11 Å². The molecule has 0 radical (unpaired) electrons. The van der Waals surface area contributed by atoms with Crippen LogP contribution in [-0.4, -0.2) is 50.3 Å². The third kappa shape index (κ3) is 4.06. The van der Waals surface area contributed by atoms with E-state index in [4.69, 9.17) is 4.74 Å². The van der Waals surface area contributed by atoms with Gasteiger partial charge >= 0.3 is 6.03 Å². The molecule has 1 aromatic carbocycles. The van der Waals surface area contributed by atoms with Gasteiger partial charge in [-0.3, -0.25) is 0 Å². The highest BCUT2D eigenvalue weighted by molar-refractivity contribution is 5.74. The number of urea groups is 1. The standard InChI is InChI=1S/C17H27N3O2/c1-4-19(5-2)17(21)18-14-10-12-20(13-11-14)15-6-8-16(22-3)9-7-15/h6-9,14H,4-5,10-13H2,1-3H3,(H,18,21). The van der Waals surface area contributed by atoms with Gasteiger partial charge in [-0.2, -0.15) is 0 Å². The van der Waals surface area contributed by atoms with Crippen LogP contribution in [0.3, 0.4) is 0 Å². The molecule has 0 aromatic heterocycles. The monoisotopic (exact) mass is 305 g/mol. The lowest BCUT2D eigenvalue weighted by Crippen LogP contribution is -2.49. The molecule has 0 spiro atoms. The van der Waals surface area contributed by atoms with Gasteiger partial charge in [0.1, 0.15) is 5.75 Å². The number of nitrogens with zero attached hydrogens (tertiary/aromatic N) is 2. The molecule has 0 bridgehead atoms. The van der Waals surface area contributed by atoms with Crippen molar-refractivity contribution in [3.63, 3.8) is 0 Å². The molecule has 1 N–H and O–H groups in total. The average molecular weight is 305 g/mol. The maximum absolute atomic E-state index is 12.1. The predicted molar refractivity (Wildman–Crippen MR) is 89.7 cm³/mol. The number of hydrogen-bond donors (Lipinski definition) is 1. The quantitative estimate of drug-likeness (QED) is 0.910. The lowest BCUT2D eigenvalue weighted by Gasteiger charge is -2.35. The van der Waals surface area contributed by atoms with Gasteiger partial charge < -0.3 is 19.9 Å². The zero-order chi connectivity index (χ0) is 15.9. The van der Waals surface area contributed by atoms with Gasteiger partial charge in [-0.25, -0.2) is 4.79 Å². The highest BCUT2D eigenvalue weighted by Crippen LogP contribution is 2.22. The van der Waals surface area contributed by atoms with Crippen molar-refractivity contribution in [2.45, 2.75) is 32.7 Å². The minimum Gasteiger partial charge on any atom is -0.497 e. The summed E-state index contributed by atoms with van der Waals surface area (Å²) in [6, 6.07) is 8.50. The van der Waals surface area contributed by atoms with Crippen molar-refractivity contribution < 1.29 is 9.53 Å². The number of ether oxygens (including phenoxy) is 1. The first-order valence-corrected chi connectivity index (χ1v) is 8.12. The van der Waals surface area contributed by atoms with E-state index in [1.54, 1.807) is 7.11 Å². The van der Waals surface area contributed by atoms with Crippen LogP contribution in [0.15, 0.2) is 24.3 Å². The molecule has 1 aliphatic rings. The van der Waals surface area contributed by atoms with E-state index >= 15 is 0 Å². The zero-order valence-corrected chi connectivity index (χ0v) is 13.8. The number of methoxy groups -OCH3 is 1. The number of benzene rings is 1. The molecule has 2 rings (SSSR count). The fourth-order valence-electron chi connectivity index (χ4n) is 2.85. The topological polar surface area (TPSA) is 44.8 Å². The maximum Gasteiger partial charge on any atom is 0.317 e. The lowest BCUT2D eigenvalue weighted by atomic mass is 10.0. The van der Waals surface area contributed by atoms with E-state index in [1.807, 2.05) is 30.9 Å². The van der Waals surface area contributed by atoms with Crippen molar-refractivity contribution in [1.29, 1.82) is 0 Å². The van der Waals surface area contributed by atoms with E-state index in [0.29, 0.717) is 0 Å². The Balaban J connectivity index is 1.83. The summed E-state index contributed by atoms with van der Waals surface area (Å²) in [6.45, 7) is 7.47. The van der Waals surface area contributed by atoms with Crippen LogP contribution in [0.5, 0.6) is 5.75 Å². The molecule has 0 saturated carbocycles. The third-order valence-corrected chi connectivity index (χ3v) is 4.31. The highest BCUT2D eigenvalue weighted by Gasteiger charge is 2.22. The Labute approximate surface area is 133 Å². The minimum absolute atomic E-state index is 0.0629. The molecule has 1 heterocycles. The Kier molecular flexibility index (Phi) is 5.92. The molecule has 0 unspecified atom stereocenters. The van der Waals surface area contributed by atoms with Crippen molar-refractivity contribution in [1.82, 2.24) is 10.2 Å². The van der Waals surface area contributed by atoms with Crippen LogP contribution in [0.25, 0.3) is 0 Å². The van der Waals surface area contributed by atoms with Gasteiger partial charge in [-0.05, 0) is 51.0 Å². The molecule has 5 heteroatoms. The van der Waals surface area contributed by atoms with Crippen molar-refractivity contribution >= 4 is 11.7 Å². The largest absolute Gasteiger partial charge is 0.497 e. The van der Waals surface area contributed by atoms with Gasteiger partial charge in [-0.15, -0.1) is 0 Å². The molecule has 1 saturated heterocycles. The van der Waals surface area contributed by atoms with Crippen molar-refractivity contribution in [2.75, 3.05) is 38.2 Å². The molecule has 1 aromatic rings. The molecule has 2 amide bonds. The fourth-order valence-corrected chi connectivity index (χ4v) is 2.85. The van der Waals surface area contributed by atoms with Gasteiger partial charge in [0.25, 0.3) is 0 Å². The van der Waals surface area contributed by atoms with Crippen molar-refractivity contribution in [3.8, 4) is 5.75 Å².